The molecule has 2 aliphatic carbocycles. The maximum atomic E-state index is 12.5. The van der Waals surface area contributed by atoms with Gasteiger partial charge in [0, 0.05) is 25.0 Å². The molecule has 0 aromatic heterocycles. The summed E-state index contributed by atoms with van der Waals surface area (Å²) in [5.41, 5.74) is 5.18. The average molecular weight is 326 g/mol. The van der Waals surface area contributed by atoms with Crippen molar-refractivity contribution in [3.05, 3.63) is 0 Å². The van der Waals surface area contributed by atoms with Gasteiger partial charge in [0.05, 0.1) is 18.8 Å². The molecule has 1 amide bonds. The minimum Gasteiger partial charge on any atom is -0.378 e. The van der Waals surface area contributed by atoms with Crippen LogP contribution in [0, 0.1) is 5.41 Å². The van der Waals surface area contributed by atoms with Crippen LogP contribution in [-0.2, 0) is 14.3 Å². The number of rotatable bonds is 7. The SMILES string of the molecule is CCOC1CC(N)(C(=O)NCCOC2CCCCCC2)C1(C)C. The van der Waals surface area contributed by atoms with E-state index < -0.39 is 5.54 Å². The highest BCUT2D eigenvalue weighted by Gasteiger charge is 2.62. The highest BCUT2D eigenvalue weighted by Crippen LogP contribution is 2.49. The lowest BCUT2D eigenvalue weighted by Gasteiger charge is -2.57. The third kappa shape index (κ3) is 4.06. The molecule has 23 heavy (non-hydrogen) atoms. The standard InChI is InChI=1S/C18H34N2O3/c1-4-22-15-13-18(19,17(15,2)3)16(21)20-11-12-23-14-9-7-5-6-8-10-14/h14-15H,4-13,19H2,1-3H3,(H,20,21). The van der Waals surface area contributed by atoms with Crippen LogP contribution in [0.4, 0.5) is 0 Å². The largest absolute Gasteiger partial charge is 0.378 e. The average Bonchev–Trinajstić information content (AvgIpc) is 2.79. The first-order valence-corrected chi connectivity index (χ1v) is 9.22. The Labute approximate surface area is 140 Å². The molecule has 0 saturated heterocycles. The predicted molar refractivity (Wildman–Crippen MR) is 91.2 cm³/mol. The van der Waals surface area contributed by atoms with Crippen molar-refractivity contribution in [3.63, 3.8) is 0 Å². The van der Waals surface area contributed by atoms with Crippen LogP contribution in [0.3, 0.4) is 0 Å². The van der Waals surface area contributed by atoms with Crippen LogP contribution in [0.1, 0.15) is 65.7 Å². The molecule has 0 aromatic rings. The molecule has 0 radical (unpaired) electrons. The van der Waals surface area contributed by atoms with Crippen molar-refractivity contribution in [3.8, 4) is 0 Å². The Morgan fingerprint density at radius 2 is 1.83 bits per heavy atom. The number of ether oxygens (including phenoxy) is 2. The molecule has 2 atom stereocenters. The van der Waals surface area contributed by atoms with Gasteiger partial charge in [-0.25, -0.2) is 0 Å². The summed E-state index contributed by atoms with van der Waals surface area (Å²) in [4.78, 5) is 12.5. The number of carbonyl (C=O) groups excluding carboxylic acids is 1. The Hall–Kier alpha value is -0.650. The molecule has 0 bridgehead atoms. The van der Waals surface area contributed by atoms with E-state index >= 15 is 0 Å². The summed E-state index contributed by atoms with van der Waals surface area (Å²) in [5.74, 6) is -0.0806. The summed E-state index contributed by atoms with van der Waals surface area (Å²) in [6.45, 7) is 7.75. The van der Waals surface area contributed by atoms with Crippen LogP contribution in [0.5, 0.6) is 0 Å². The lowest BCUT2D eigenvalue weighted by Crippen LogP contribution is -2.75. The maximum absolute atomic E-state index is 12.5. The maximum Gasteiger partial charge on any atom is 0.240 e. The second-order valence-electron chi connectivity index (χ2n) is 7.58. The summed E-state index contributed by atoms with van der Waals surface area (Å²) in [7, 11) is 0. The Bertz CT molecular complexity index is 392. The molecule has 2 aliphatic rings. The molecule has 0 aromatic carbocycles. The number of nitrogens with one attached hydrogen (secondary N) is 1. The van der Waals surface area contributed by atoms with Gasteiger partial charge >= 0.3 is 0 Å². The van der Waals surface area contributed by atoms with Crippen molar-refractivity contribution in [2.75, 3.05) is 19.8 Å². The second-order valence-corrected chi connectivity index (χ2v) is 7.58. The van der Waals surface area contributed by atoms with Gasteiger partial charge in [-0.1, -0.05) is 39.5 Å². The first kappa shape index (κ1) is 18.7. The van der Waals surface area contributed by atoms with Crippen molar-refractivity contribution in [1.29, 1.82) is 0 Å². The zero-order valence-electron chi connectivity index (χ0n) is 15.0. The van der Waals surface area contributed by atoms with E-state index in [4.69, 9.17) is 15.2 Å². The van der Waals surface area contributed by atoms with Crippen LogP contribution in [0.25, 0.3) is 0 Å². The van der Waals surface area contributed by atoms with Crippen molar-refractivity contribution in [1.82, 2.24) is 5.32 Å². The summed E-state index contributed by atoms with van der Waals surface area (Å²) < 4.78 is 11.6. The Morgan fingerprint density at radius 3 is 2.39 bits per heavy atom. The van der Waals surface area contributed by atoms with Crippen LogP contribution in [0.2, 0.25) is 0 Å². The number of hydrogen-bond acceptors (Lipinski definition) is 4. The van der Waals surface area contributed by atoms with Crippen molar-refractivity contribution in [2.24, 2.45) is 11.1 Å². The zero-order valence-corrected chi connectivity index (χ0v) is 15.0. The smallest absolute Gasteiger partial charge is 0.240 e. The molecule has 0 aliphatic heterocycles. The first-order valence-electron chi connectivity index (χ1n) is 9.22. The fourth-order valence-electron chi connectivity index (χ4n) is 3.78. The van der Waals surface area contributed by atoms with E-state index in [1.165, 1.54) is 25.7 Å². The molecule has 2 saturated carbocycles. The lowest BCUT2D eigenvalue weighted by molar-refractivity contribution is -0.170. The molecule has 5 nitrogen and oxygen atoms in total. The van der Waals surface area contributed by atoms with Gasteiger partial charge < -0.3 is 20.5 Å². The quantitative estimate of drug-likeness (QED) is 0.556. The summed E-state index contributed by atoms with van der Waals surface area (Å²) in [6.07, 6.45) is 8.48. The molecular weight excluding hydrogens is 292 g/mol. The van der Waals surface area contributed by atoms with E-state index in [9.17, 15) is 4.79 Å². The summed E-state index contributed by atoms with van der Waals surface area (Å²) >= 11 is 0. The zero-order chi connectivity index (χ0) is 16.9. The minimum absolute atomic E-state index is 0.0606. The monoisotopic (exact) mass is 326 g/mol. The molecule has 134 valence electrons. The molecule has 5 heteroatoms. The fraction of sp³-hybridized carbons (Fsp3) is 0.944. The van der Waals surface area contributed by atoms with Gasteiger partial charge in [-0.2, -0.15) is 0 Å². The van der Waals surface area contributed by atoms with Gasteiger partial charge in [-0.05, 0) is 19.8 Å². The van der Waals surface area contributed by atoms with Crippen LogP contribution >= 0.6 is 0 Å². The van der Waals surface area contributed by atoms with E-state index in [2.05, 4.69) is 5.32 Å². The van der Waals surface area contributed by atoms with Crippen LogP contribution in [-0.4, -0.2) is 43.4 Å². The van der Waals surface area contributed by atoms with E-state index in [1.807, 2.05) is 20.8 Å². The van der Waals surface area contributed by atoms with Gasteiger partial charge in [-0.15, -0.1) is 0 Å². The molecule has 2 fully saturated rings. The van der Waals surface area contributed by atoms with Gasteiger partial charge in [-0.3, -0.25) is 4.79 Å². The van der Waals surface area contributed by atoms with Crippen LogP contribution < -0.4 is 11.1 Å². The van der Waals surface area contributed by atoms with Crippen LogP contribution in [0.15, 0.2) is 0 Å². The van der Waals surface area contributed by atoms with Gasteiger partial charge in [0.2, 0.25) is 5.91 Å². The predicted octanol–water partition coefficient (Wildman–Crippen LogP) is 2.37. The highest BCUT2D eigenvalue weighted by molar-refractivity contribution is 5.88. The normalized spacial score (nSPS) is 31.2. The number of nitrogens with two attached hydrogens (primary N) is 1. The van der Waals surface area contributed by atoms with E-state index in [1.54, 1.807) is 0 Å². The van der Waals surface area contributed by atoms with E-state index in [0.29, 0.717) is 32.3 Å². The summed E-state index contributed by atoms with van der Waals surface area (Å²) in [5, 5.41) is 2.95. The topological polar surface area (TPSA) is 73.6 Å². The number of hydrogen-bond donors (Lipinski definition) is 2. The van der Waals surface area contributed by atoms with E-state index in [0.717, 1.165) is 12.8 Å². The van der Waals surface area contributed by atoms with Gasteiger partial charge in [0.15, 0.2) is 0 Å². The highest BCUT2D eigenvalue weighted by atomic mass is 16.5. The fourth-order valence-corrected chi connectivity index (χ4v) is 3.78. The van der Waals surface area contributed by atoms with Crippen molar-refractivity contribution >= 4 is 5.91 Å². The summed E-state index contributed by atoms with van der Waals surface area (Å²) in [6, 6.07) is 0. The lowest BCUT2D eigenvalue weighted by atomic mass is 9.54. The minimum atomic E-state index is -0.838. The molecule has 3 N–H and O–H groups in total. The first-order chi connectivity index (χ1) is 10.9. The Balaban J connectivity index is 1.70. The molecule has 2 rings (SSSR count). The Morgan fingerprint density at radius 1 is 1.17 bits per heavy atom. The Kier molecular flexibility index (Phi) is 6.46. The van der Waals surface area contributed by atoms with Gasteiger partial charge in [0.25, 0.3) is 0 Å². The van der Waals surface area contributed by atoms with E-state index in [-0.39, 0.29) is 17.4 Å². The van der Waals surface area contributed by atoms with Crippen molar-refractivity contribution < 1.29 is 14.3 Å². The molecule has 0 heterocycles. The number of amides is 1. The third-order valence-corrected chi connectivity index (χ3v) is 5.78. The molecule has 2 unspecified atom stereocenters. The number of carbonyl (C=O) groups is 1. The van der Waals surface area contributed by atoms with Gasteiger partial charge in [0.1, 0.15) is 5.54 Å². The molecular formula is C18H34N2O3. The second kappa shape index (κ2) is 7.95. The molecule has 0 spiro atoms. The third-order valence-electron chi connectivity index (χ3n) is 5.78. The van der Waals surface area contributed by atoms with Crippen molar-refractivity contribution in [2.45, 2.75) is 83.5 Å².